The lowest BCUT2D eigenvalue weighted by Crippen LogP contribution is -2.35. The van der Waals surface area contributed by atoms with Gasteiger partial charge in [0.15, 0.2) is 11.0 Å². The summed E-state index contributed by atoms with van der Waals surface area (Å²) in [5, 5.41) is 12.7. The number of aromatic nitrogens is 3. The predicted octanol–water partition coefficient (Wildman–Crippen LogP) is 3.05. The zero-order valence-electron chi connectivity index (χ0n) is 14.2. The Hall–Kier alpha value is -1.73. The van der Waals surface area contributed by atoms with E-state index in [0.717, 1.165) is 5.75 Å². The van der Waals surface area contributed by atoms with Gasteiger partial charge in [-0.2, -0.15) is 0 Å². The number of halogens is 1. The molecule has 1 N–H and O–H groups in total. The van der Waals surface area contributed by atoms with Crippen LogP contribution in [0.25, 0.3) is 0 Å². The zero-order valence-corrected chi connectivity index (χ0v) is 15.8. The Bertz CT molecular complexity index is 731. The number of carbonyl (C=O) groups excluding carboxylic acids is 1. The van der Waals surface area contributed by atoms with Gasteiger partial charge < -0.3 is 14.6 Å². The molecule has 1 atom stereocenters. The van der Waals surface area contributed by atoms with Crippen molar-refractivity contribution in [2.24, 2.45) is 13.0 Å². The van der Waals surface area contributed by atoms with Crippen molar-refractivity contribution in [2.45, 2.75) is 37.6 Å². The van der Waals surface area contributed by atoms with Gasteiger partial charge in [0, 0.05) is 18.1 Å². The molecule has 1 aromatic heterocycles. The molecule has 6 nitrogen and oxygen atoms in total. The van der Waals surface area contributed by atoms with E-state index in [2.05, 4.69) is 22.4 Å². The van der Waals surface area contributed by atoms with E-state index in [-0.39, 0.29) is 11.9 Å². The van der Waals surface area contributed by atoms with Crippen LogP contribution in [0.3, 0.4) is 0 Å². The highest BCUT2D eigenvalue weighted by molar-refractivity contribution is 7.99. The van der Waals surface area contributed by atoms with Gasteiger partial charge in [-0.25, -0.2) is 0 Å². The van der Waals surface area contributed by atoms with Gasteiger partial charge in [0.2, 0.25) is 5.91 Å². The van der Waals surface area contributed by atoms with E-state index in [0.29, 0.717) is 34.3 Å². The molecule has 134 valence electrons. The quantitative estimate of drug-likeness (QED) is 0.713. The summed E-state index contributed by atoms with van der Waals surface area (Å²) in [6.45, 7) is 2.37. The number of hydrogen-bond acceptors (Lipinski definition) is 5. The molecule has 0 spiro atoms. The lowest BCUT2D eigenvalue weighted by molar-refractivity contribution is -0.119. The Morgan fingerprint density at radius 2 is 2.12 bits per heavy atom. The van der Waals surface area contributed by atoms with E-state index in [1.165, 1.54) is 24.6 Å². The van der Waals surface area contributed by atoms with Gasteiger partial charge in [-0.05, 0) is 49.9 Å². The van der Waals surface area contributed by atoms with Gasteiger partial charge in [-0.15, -0.1) is 10.2 Å². The van der Waals surface area contributed by atoms with Crippen LogP contribution in [0.15, 0.2) is 29.4 Å². The fourth-order valence-electron chi connectivity index (χ4n) is 2.41. The van der Waals surface area contributed by atoms with Crippen LogP contribution in [-0.2, 0) is 18.4 Å². The van der Waals surface area contributed by atoms with Crippen LogP contribution >= 0.6 is 23.4 Å². The zero-order chi connectivity index (χ0) is 17.8. The van der Waals surface area contributed by atoms with Gasteiger partial charge in [0.1, 0.15) is 12.4 Å². The maximum Gasteiger partial charge on any atom is 0.230 e. The molecule has 1 amide bonds. The van der Waals surface area contributed by atoms with Gasteiger partial charge in [-0.3, -0.25) is 4.79 Å². The summed E-state index contributed by atoms with van der Waals surface area (Å²) in [5.74, 6) is 2.44. The number of ether oxygens (including phenoxy) is 1. The number of amides is 1. The SMILES string of the molecule is C[C@H](NC(=O)CSc1nnc(COc2ccc(Cl)cc2)n1C)C1CC1. The second-order valence-corrected chi connectivity index (χ2v) is 7.56. The second-order valence-electron chi connectivity index (χ2n) is 6.18. The van der Waals surface area contributed by atoms with Gasteiger partial charge >= 0.3 is 0 Å². The highest BCUT2D eigenvalue weighted by Gasteiger charge is 2.28. The Morgan fingerprint density at radius 3 is 2.80 bits per heavy atom. The van der Waals surface area contributed by atoms with Crippen LogP contribution in [0.2, 0.25) is 5.02 Å². The van der Waals surface area contributed by atoms with Crippen molar-refractivity contribution in [1.82, 2.24) is 20.1 Å². The van der Waals surface area contributed by atoms with Crippen LogP contribution < -0.4 is 10.1 Å². The molecule has 0 radical (unpaired) electrons. The molecule has 2 aromatic rings. The van der Waals surface area contributed by atoms with Gasteiger partial charge in [0.25, 0.3) is 0 Å². The van der Waals surface area contributed by atoms with E-state index in [4.69, 9.17) is 16.3 Å². The number of carbonyl (C=O) groups is 1. The summed E-state index contributed by atoms with van der Waals surface area (Å²) in [7, 11) is 1.87. The topological polar surface area (TPSA) is 69.0 Å². The molecule has 1 saturated carbocycles. The molecule has 1 aliphatic carbocycles. The molecule has 0 bridgehead atoms. The van der Waals surface area contributed by atoms with Crippen molar-refractivity contribution in [3.8, 4) is 5.75 Å². The summed E-state index contributed by atoms with van der Waals surface area (Å²) >= 11 is 7.23. The minimum Gasteiger partial charge on any atom is -0.486 e. The number of nitrogens with one attached hydrogen (secondary N) is 1. The number of rotatable bonds is 8. The van der Waals surface area contributed by atoms with Crippen molar-refractivity contribution >= 4 is 29.3 Å². The van der Waals surface area contributed by atoms with Gasteiger partial charge in [-0.1, -0.05) is 23.4 Å². The lowest BCUT2D eigenvalue weighted by atomic mass is 10.2. The van der Waals surface area contributed by atoms with E-state index in [1.54, 1.807) is 24.3 Å². The van der Waals surface area contributed by atoms with Crippen LogP contribution in [0.4, 0.5) is 0 Å². The van der Waals surface area contributed by atoms with Crippen LogP contribution in [-0.4, -0.2) is 32.5 Å². The molecule has 0 saturated heterocycles. The predicted molar refractivity (Wildman–Crippen MR) is 97.8 cm³/mol. The third-order valence-corrected chi connectivity index (χ3v) is 5.43. The van der Waals surface area contributed by atoms with Crippen LogP contribution in [0.1, 0.15) is 25.6 Å². The Morgan fingerprint density at radius 1 is 1.40 bits per heavy atom. The summed E-state index contributed by atoms with van der Waals surface area (Å²) in [4.78, 5) is 12.0. The first kappa shape index (κ1) is 18.1. The van der Waals surface area contributed by atoms with Crippen LogP contribution in [0, 0.1) is 5.92 Å². The Labute approximate surface area is 156 Å². The van der Waals surface area contributed by atoms with Crippen molar-refractivity contribution < 1.29 is 9.53 Å². The molecule has 1 aromatic carbocycles. The molecule has 1 heterocycles. The monoisotopic (exact) mass is 380 g/mol. The molecule has 0 aliphatic heterocycles. The normalized spacial score (nSPS) is 15.0. The molecule has 1 fully saturated rings. The number of benzene rings is 1. The average Bonchev–Trinajstić information content (AvgIpc) is 3.38. The molecule has 25 heavy (non-hydrogen) atoms. The Balaban J connectivity index is 1.48. The fraction of sp³-hybridized carbons (Fsp3) is 0.471. The minimum atomic E-state index is 0.0337. The summed E-state index contributed by atoms with van der Waals surface area (Å²) in [6, 6.07) is 7.42. The highest BCUT2D eigenvalue weighted by atomic mass is 35.5. The van der Waals surface area contributed by atoms with E-state index in [9.17, 15) is 4.79 Å². The van der Waals surface area contributed by atoms with E-state index < -0.39 is 0 Å². The van der Waals surface area contributed by atoms with E-state index >= 15 is 0 Å². The van der Waals surface area contributed by atoms with E-state index in [1.807, 2.05) is 11.6 Å². The van der Waals surface area contributed by atoms with Crippen molar-refractivity contribution in [3.05, 3.63) is 35.1 Å². The van der Waals surface area contributed by atoms with Crippen molar-refractivity contribution in [2.75, 3.05) is 5.75 Å². The first-order chi connectivity index (χ1) is 12.0. The smallest absolute Gasteiger partial charge is 0.230 e. The van der Waals surface area contributed by atoms with Crippen molar-refractivity contribution in [1.29, 1.82) is 0 Å². The first-order valence-corrected chi connectivity index (χ1v) is 9.58. The third-order valence-electron chi connectivity index (χ3n) is 4.16. The molecule has 0 unspecified atom stereocenters. The van der Waals surface area contributed by atoms with Crippen molar-refractivity contribution in [3.63, 3.8) is 0 Å². The maximum absolute atomic E-state index is 12.0. The number of hydrogen-bond donors (Lipinski definition) is 1. The maximum atomic E-state index is 12.0. The minimum absolute atomic E-state index is 0.0337. The highest BCUT2D eigenvalue weighted by Crippen LogP contribution is 2.32. The third kappa shape index (κ3) is 5.12. The summed E-state index contributed by atoms with van der Waals surface area (Å²) < 4.78 is 7.53. The average molecular weight is 381 g/mol. The van der Waals surface area contributed by atoms with Crippen LogP contribution in [0.5, 0.6) is 5.75 Å². The first-order valence-electron chi connectivity index (χ1n) is 8.21. The summed E-state index contributed by atoms with van der Waals surface area (Å²) in [6.07, 6.45) is 2.43. The van der Waals surface area contributed by atoms with Gasteiger partial charge in [0.05, 0.1) is 5.75 Å². The second kappa shape index (κ2) is 8.10. The lowest BCUT2D eigenvalue weighted by Gasteiger charge is -2.12. The number of thioether (sulfide) groups is 1. The Kier molecular flexibility index (Phi) is 5.86. The molecule has 1 aliphatic rings. The molecular weight excluding hydrogens is 360 g/mol. The molecule has 3 rings (SSSR count). The standard InChI is InChI=1S/C17H21ClN4O2S/c1-11(12-3-4-12)19-16(23)10-25-17-21-20-15(22(17)2)9-24-14-7-5-13(18)6-8-14/h5-8,11-12H,3-4,9-10H2,1-2H3,(H,19,23)/t11-/m0/s1. The molecular formula is C17H21ClN4O2S. The fourth-order valence-corrected chi connectivity index (χ4v) is 3.28. The number of nitrogens with zero attached hydrogens (tertiary/aromatic N) is 3. The largest absolute Gasteiger partial charge is 0.486 e. The molecule has 8 heteroatoms. The summed E-state index contributed by atoms with van der Waals surface area (Å²) in [5.41, 5.74) is 0.